The maximum Gasteiger partial charge on any atom is 0.407 e. The summed E-state index contributed by atoms with van der Waals surface area (Å²) in [6.07, 6.45) is 2.77. The van der Waals surface area contributed by atoms with Crippen molar-refractivity contribution < 1.29 is 14.6 Å². The molecule has 4 heteroatoms. The molecule has 1 fully saturated rings. The lowest BCUT2D eigenvalue weighted by molar-refractivity contribution is 0.177. The number of hydrogen-bond donors (Lipinski definition) is 2. The van der Waals surface area contributed by atoms with Crippen molar-refractivity contribution >= 4 is 6.09 Å². The van der Waals surface area contributed by atoms with E-state index in [2.05, 4.69) is 10.1 Å². The Hall–Kier alpha value is -1.19. The molecule has 2 N–H and O–H groups in total. The average molecular weight is 143 g/mol. The van der Waals surface area contributed by atoms with Gasteiger partial charge in [0.25, 0.3) is 0 Å². The van der Waals surface area contributed by atoms with Crippen LogP contribution in [0.5, 0.6) is 0 Å². The van der Waals surface area contributed by atoms with E-state index in [4.69, 9.17) is 5.11 Å². The molecule has 4 nitrogen and oxygen atoms in total. The van der Waals surface area contributed by atoms with Gasteiger partial charge >= 0.3 is 6.09 Å². The molecular formula is C6H9NO3. The van der Waals surface area contributed by atoms with Gasteiger partial charge in [-0.15, -0.1) is 0 Å². The molecule has 1 atom stereocenters. The molecule has 1 amide bonds. The highest BCUT2D eigenvalue weighted by atomic mass is 16.6. The average Bonchev–Trinajstić information content (AvgIpc) is 2.31. The molecule has 0 spiro atoms. The molecule has 0 aliphatic carbocycles. The predicted molar refractivity (Wildman–Crippen MR) is 34.7 cm³/mol. The van der Waals surface area contributed by atoms with Crippen molar-refractivity contribution in [1.82, 2.24) is 5.32 Å². The zero-order valence-electron chi connectivity index (χ0n) is 5.41. The molecule has 56 valence electrons. The van der Waals surface area contributed by atoms with Gasteiger partial charge in [-0.05, 0) is 12.5 Å². The maximum atomic E-state index is 10.4. The lowest BCUT2D eigenvalue weighted by atomic mass is 10.2. The number of aliphatic hydroxyl groups is 1. The third-order valence-corrected chi connectivity index (χ3v) is 1.26. The Morgan fingerprint density at radius 1 is 1.90 bits per heavy atom. The van der Waals surface area contributed by atoms with Crippen molar-refractivity contribution in [3.63, 3.8) is 0 Å². The number of nitrogens with one attached hydrogen (secondary N) is 1. The molecule has 0 aromatic carbocycles. The third-order valence-electron chi connectivity index (χ3n) is 1.26. The van der Waals surface area contributed by atoms with Crippen molar-refractivity contribution in [3.05, 3.63) is 12.3 Å². The SMILES string of the molecule is O=C1NC(CC=CO)CO1. The highest BCUT2D eigenvalue weighted by Crippen LogP contribution is 2.01. The summed E-state index contributed by atoms with van der Waals surface area (Å²) in [4.78, 5) is 10.4. The first kappa shape index (κ1) is 6.92. The molecular weight excluding hydrogens is 134 g/mol. The fraction of sp³-hybridized carbons (Fsp3) is 0.500. The summed E-state index contributed by atoms with van der Waals surface area (Å²) < 4.78 is 4.60. The van der Waals surface area contributed by atoms with Gasteiger partial charge in [-0.3, -0.25) is 0 Å². The van der Waals surface area contributed by atoms with E-state index in [-0.39, 0.29) is 12.1 Å². The summed E-state index contributed by atoms with van der Waals surface area (Å²) in [6, 6.07) is 0.0240. The monoisotopic (exact) mass is 143 g/mol. The number of cyclic esters (lactones) is 1. The van der Waals surface area contributed by atoms with Gasteiger partial charge in [0.1, 0.15) is 6.61 Å². The van der Waals surface area contributed by atoms with Gasteiger partial charge in [0.05, 0.1) is 12.3 Å². The fourth-order valence-corrected chi connectivity index (χ4v) is 0.778. The Morgan fingerprint density at radius 2 is 2.70 bits per heavy atom. The number of ether oxygens (including phenoxy) is 1. The van der Waals surface area contributed by atoms with Gasteiger partial charge in [0.15, 0.2) is 0 Å². The molecule has 1 aliphatic rings. The largest absolute Gasteiger partial charge is 0.516 e. The summed E-state index contributed by atoms with van der Waals surface area (Å²) in [5, 5.41) is 10.8. The van der Waals surface area contributed by atoms with Crippen LogP contribution >= 0.6 is 0 Å². The van der Waals surface area contributed by atoms with E-state index in [1.807, 2.05) is 0 Å². The van der Waals surface area contributed by atoms with Crippen LogP contribution < -0.4 is 5.32 Å². The van der Waals surface area contributed by atoms with Crippen molar-refractivity contribution in [2.24, 2.45) is 0 Å². The molecule has 0 aromatic rings. The van der Waals surface area contributed by atoms with Crippen molar-refractivity contribution in [3.8, 4) is 0 Å². The minimum Gasteiger partial charge on any atom is -0.516 e. The number of alkyl carbamates (subject to hydrolysis) is 1. The summed E-state index contributed by atoms with van der Waals surface area (Å²) in [5.74, 6) is 0. The van der Waals surface area contributed by atoms with E-state index in [0.29, 0.717) is 13.0 Å². The van der Waals surface area contributed by atoms with Crippen LogP contribution in [-0.4, -0.2) is 23.8 Å². The van der Waals surface area contributed by atoms with Crippen LogP contribution in [0.25, 0.3) is 0 Å². The zero-order valence-corrected chi connectivity index (χ0v) is 5.41. The topological polar surface area (TPSA) is 58.6 Å². The number of aliphatic hydroxyl groups excluding tert-OH is 1. The van der Waals surface area contributed by atoms with E-state index in [9.17, 15) is 4.79 Å². The lowest BCUT2D eigenvalue weighted by Gasteiger charge is -1.99. The van der Waals surface area contributed by atoms with Crippen molar-refractivity contribution in [1.29, 1.82) is 0 Å². The van der Waals surface area contributed by atoms with Crippen LogP contribution in [0, 0.1) is 0 Å². The molecule has 0 aromatic heterocycles. The van der Waals surface area contributed by atoms with Crippen LogP contribution in [0.3, 0.4) is 0 Å². The normalized spacial score (nSPS) is 24.8. The quantitative estimate of drug-likeness (QED) is 0.555. The van der Waals surface area contributed by atoms with Gasteiger partial charge in [0.2, 0.25) is 0 Å². The van der Waals surface area contributed by atoms with Gasteiger partial charge in [-0.1, -0.05) is 0 Å². The van der Waals surface area contributed by atoms with Crippen LogP contribution in [0.1, 0.15) is 6.42 Å². The highest BCUT2D eigenvalue weighted by Gasteiger charge is 2.20. The Labute approximate surface area is 58.5 Å². The Morgan fingerprint density at radius 3 is 3.20 bits per heavy atom. The van der Waals surface area contributed by atoms with E-state index in [1.165, 1.54) is 0 Å². The molecule has 10 heavy (non-hydrogen) atoms. The van der Waals surface area contributed by atoms with Crippen molar-refractivity contribution in [2.45, 2.75) is 12.5 Å². The van der Waals surface area contributed by atoms with E-state index in [0.717, 1.165) is 6.26 Å². The van der Waals surface area contributed by atoms with Gasteiger partial charge in [0, 0.05) is 0 Å². The first-order valence-electron chi connectivity index (χ1n) is 3.05. The minimum absolute atomic E-state index is 0.0240. The molecule has 1 rings (SSSR count). The third kappa shape index (κ3) is 1.65. The number of hydrogen-bond acceptors (Lipinski definition) is 3. The van der Waals surface area contributed by atoms with Gasteiger partial charge < -0.3 is 15.2 Å². The molecule has 0 bridgehead atoms. The summed E-state index contributed by atoms with van der Waals surface area (Å²) >= 11 is 0. The summed E-state index contributed by atoms with van der Waals surface area (Å²) in [7, 11) is 0. The van der Waals surface area contributed by atoms with Crippen molar-refractivity contribution in [2.75, 3.05) is 6.61 Å². The van der Waals surface area contributed by atoms with Crippen LogP contribution in [-0.2, 0) is 4.74 Å². The molecule has 0 saturated carbocycles. The second-order valence-corrected chi connectivity index (χ2v) is 2.06. The Bertz CT molecular complexity index is 155. The standard InChI is InChI=1S/C6H9NO3/c8-3-1-2-5-4-10-6(9)7-5/h1,3,5,8H,2,4H2,(H,7,9). The Kier molecular flexibility index (Phi) is 2.15. The second kappa shape index (κ2) is 3.10. The lowest BCUT2D eigenvalue weighted by Crippen LogP contribution is -2.25. The summed E-state index contributed by atoms with van der Waals surface area (Å²) in [5.41, 5.74) is 0. The molecule has 1 aliphatic heterocycles. The number of amides is 1. The maximum absolute atomic E-state index is 10.4. The smallest absolute Gasteiger partial charge is 0.407 e. The van der Waals surface area contributed by atoms with E-state index < -0.39 is 0 Å². The fourth-order valence-electron chi connectivity index (χ4n) is 0.778. The molecule has 1 saturated heterocycles. The molecule has 1 heterocycles. The number of carbonyl (C=O) groups excluding carboxylic acids is 1. The predicted octanol–water partition coefficient (Wildman–Crippen LogP) is 0.557. The first-order valence-corrected chi connectivity index (χ1v) is 3.05. The first-order chi connectivity index (χ1) is 4.83. The van der Waals surface area contributed by atoms with Crippen LogP contribution in [0.15, 0.2) is 12.3 Å². The van der Waals surface area contributed by atoms with Crippen LogP contribution in [0.4, 0.5) is 4.79 Å². The number of carbonyl (C=O) groups is 1. The Balaban J connectivity index is 2.24. The van der Waals surface area contributed by atoms with Gasteiger partial charge in [-0.25, -0.2) is 4.79 Å². The zero-order chi connectivity index (χ0) is 7.40. The molecule has 0 radical (unpaired) electrons. The van der Waals surface area contributed by atoms with E-state index in [1.54, 1.807) is 6.08 Å². The second-order valence-electron chi connectivity index (χ2n) is 2.06. The van der Waals surface area contributed by atoms with E-state index >= 15 is 0 Å². The molecule has 1 unspecified atom stereocenters. The van der Waals surface area contributed by atoms with Crippen LogP contribution in [0.2, 0.25) is 0 Å². The van der Waals surface area contributed by atoms with Gasteiger partial charge in [-0.2, -0.15) is 0 Å². The number of rotatable bonds is 2. The minimum atomic E-state index is -0.378. The summed E-state index contributed by atoms with van der Waals surface area (Å²) in [6.45, 7) is 0.392. The highest BCUT2D eigenvalue weighted by molar-refractivity contribution is 5.69.